The van der Waals surface area contributed by atoms with Gasteiger partial charge in [-0.05, 0) is 18.8 Å². The Morgan fingerprint density at radius 2 is 2.50 bits per heavy atom. The lowest BCUT2D eigenvalue weighted by Gasteiger charge is -2.29. The maximum absolute atomic E-state index is 10.5. The summed E-state index contributed by atoms with van der Waals surface area (Å²) in [6.45, 7) is 1.99. The molecule has 4 nitrogen and oxygen atoms in total. The second kappa shape index (κ2) is 3.41. The number of carboxylic acids is 1. The molecule has 1 aliphatic carbocycles. The predicted octanol–water partition coefficient (Wildman–Crippen LogP) is 0.910. The molecule has 0 heterocycles. The summed E-state index contributed by atoms with van der Waals surface area (Å²) >= 11 is 0. The topological polar surface area (TPSA) is 72.5 Å². The van der Waals surface area contributed by atoms with Gasteiger partial charge in [-0.25, -0.2) is 5.90 Å². The fourth-order valence-electron chi connectivity index (χ4n) is 1.95. The Morgan fingerprint density at radius 3 is 2.83 bits per heavy atom. The van der Waals surface area contributed by atoms with Crippen molar-refractivity contribution in [3.8, 4) is 0 Å². The van der Waals surface area contributed by atoms with Gasteiger partial charge in [0.2, 0.25) is 0 Å². The van der Waals surface area contributed by atoms with E-state index in [9.17, 15) is 4.79 Å². The Balaban J connectivity index is 2.67. The Kier molecular flexibility index (Phi) is 2.69. The lowest BCUT2D eigenvalue weighted by Crippen LogP contribution is -2.40. The molecule has 1 saturated carbocycles. The van der Waals surface area contributed by atoms with Gasteiger partial charge in [-0.3, -0.25) is 9.63 Å². The molecule has 0 aliphatic heterocycles. The molecule has 0 radical (unpaired) electrons. The van der Waals surface area contributed by atoms with Gasteiger partial charge in [-0.2, -0.15) is 0 Å². The molecule has 0 aromatic heterocycles. The molecule has 0 amide bonds. The number of aliphatic carboxylic acids is 1. The maximum Gasteiger partial charge on any atom is 0.306 e. The van der Waals surface area contributed by atoms with E-state index in [0.717, 1.165) is 19.3 Å². The number of carboxylic acid groups (broad SMARTS) is 1. The van der Waals surface area contributed by atoms with E-state index in [1.165, 1.54) is 0 Å². The lowest BCUT2D eigenvalue weighted by molar-refractivity contribution is -0.149. The first-order valence-corrected chi connectivity index (χ1v) is 4.20. The van der Waals surface area contributed by atoms with E-state index >= 15 is 0 Å². The molecular formula is C8H15NO3. The molecular weight excluding hydrogens is 158 g/mol. The Morgan fingerprint density at radius 1 is 1.83 bits per heavy atom. The molecule has 0 aromatic rings. The van der Waals surface area contributed by atoms with Gasteiger partial charge in [0.25, 0.3) is 0 Å². The van der Waals surface area contributed by atoms with Crippen LogP contribution in [-0.4, -0.2) is 16.7 Å². The monoisotopic (exact) mass is 173 g/mol. The third-order valence-electron chi connectivity index (χ3n) is 2.82. The van der Waals surface area contributed by atoms with E-state index in [0.29, 0.717) is 0 Å². The molecule has 12 heavy (non-hydrogen) atoms. The van der Waals surface area contributed by atoms with Gasteiger partial charge in [-0.1, -0.05) is 13.3 Å². The van der Waals surface area contributed by atoms with Gasteiger partial charge in [-0.15, -0.1) is 0 Å². The van der Waals surface area contributed by atoms with Crippen molar-refractivity contribution in [2.45, 2.75) is 38.2 Å². The van der Waals surface area contributed by atoms with E-state index in [1.54, 1.807) is 0 Å². The highest BCUT2D eigenvalue weighted by Crippen LogP contribution is 2.39. The number of carbonyl (C=O) groups is 1. The highest BCUT2D eigenvalue weighted by atomic mass is 16.6. The second-order valence-electron chi connectivity index (χ2n) is 3.55. The van der Waals surface area contributed by atoms with Crippen LogP contribution in [0, 0.1) is 5.92 Å². The lowest BCUT2D eigenvalue weighted by atomic mass is 9.89. The van der Waals surface area contributed by atoms with Gasteiger partial charge >= 0.3 is 5.97 Å². The SMILES string of the molecule is CC1CCCC1(CC(=O)O)ON. The molecule has 1 fully saturated rings. The number of hydrogen-bond donors (Lipinski definition) is 2. The highest BCUT2D eigenvalue weighted by Gasteiger charge is 2.43. The van der Waals surface area contributed by atoms with Crippen LogP contribution in [0.2, 0.25) is 0 Å². The fraction of sp³-hybridized carbons (Fsp3) is 0.875. The first kappa shape index (κ1) is 9.48. The standard InChI is InChI=1S/C8H15NO3/c1-6-3-2-4-8(6,12-9)5-7(10)11/h6H,2-5,9H2,1H3,(H,10,11). The molecule has 0 saturated heterocycles. The van der Waals surface area contributed by atoms with Gasteiger partial charge < -0.3 is 5.11 Å². The second-order valence-corrected chi connectivity index (χ2v) is 3.55. The predicted molar refractivity (Wildman–Crippen MR) is 43.3 cm³/mol. The van der Waals surface area contributed by atoms with Crippen LogP contribution in [0.1, 0.15) is 32.6 Å². The maximum atomic E-state index is 10.5. The van der Waals surface area contributed by atoms with Gasteiger partial charge in [0.05, 0.1) is 6.42 Å². The van der Waals surface area contributed by atoms with Crippen LogP contribution in [0.4, 0.5) is 0 Å². The minimum absolute atomic E-state index is 0.0185. The van der Waals surface area contributed by atoms with Crippen LogP contribution in [0.5, 0.6) is 0 Å². The summed E-state index contributed by atoms with van der Waals surface area (Å²) in [6, 6.07) is 0. The van der Waals surface area contributed by atoms with E-state index < -0.39 is 11.6 Å². The quantitative estimate of drug-likeness (QED) is 0.622. The number of rotatable bonds is 3. The van der Waals surface area contributed by atoms with Crippen molar-refractivity contribution >= 4 is 5.97 Å². The molecule has 1 rings (SSSR count). The first-order valence-electron chi connectivity index (χ1n) is 4.20. The molecule has 0 spiro atoms. The summed E-state index contributed by atoms with van der Waals surface area (Å²) in [7, 11) is 0. The van der Waals surface area contributed by atoms with E-state index in [4.69, 9.17) is 15.8 Å². The van der Waals surface area contributed by atoms with Gasteiger partial charge in [0.15, 0.2) is 0 Å². The van der Waals surface area contributed by atoms with Crippen molar-refractivity contribution in [2.75, 3.05) is 0 Å². The first-order chi connectivity index (χ1) is 5.60. The van der Waals surface area contributed by atoms with Crippen molar-refractivity contribution in [2.24, 2.45) is 11.8 Å². The van der Waals surface area contributed by atoms with Crippen LogP contribution in [0.25, 0.3) is 0 Å². The Labute approximate surface area is 71.7 Å². The summed E-state index contributed by atoms with van der Waals surface area (Å²) in [5, 5.41) is 8.65. The van der Waals surface area contributed by atoms with Crippen molar-refractivity contribution < 1.29 is 14.7 Å². The third-order valence-corrected chi connectivity index (χ3v) is 2.82. The third kappa shape index (κ3) is 1.59. The zero-order chi connectivity index (χ0) is 9.19. The molecule has 70 valence electrons. The summed E-state index contributed by atoms with van der Waals surface area (Å²) in [4.78, 5) is 15.4. The smallest absolute Gasteiger partial charge is 0.306 e. The molecule has 0 bridgehead atoms. The van der Waals surface area contributed by atoms with Gasteiger partial charge in [0, 0.05) is 0 Å². The molecule has 3 N–H and O–H groups in total. The summed E-state index contributed by atoms with van der Waals surface area (Å²) in [6.07, 6.45) is 2.79. The normalized spacial score (nSPS) is 35.3. The number of hydrogen-bond acceptors (Lipinski definition) is 3. The number of nitrogens with two attached hydrogens (primary N) is 1. The average molecular weight is 173 g/mol. The summed E-state index contributed by atoms with van der Waals surface area (Å²) < 4.78 is 0. The van der Waals surface area contributed by atoms with Crippen LogP contribution >= 0.6 is 0 Å². The van der Waals surface area contributed by atoms with Crippen LogP contribution in [0.3, 0.4) is 0 Å². The molecule has 1 aliphatic rings. The molecule has 4 heteroatoms. The summed E-state index contributed by atoms with van der Waals surface area (Å²) in [5.41, 5.74) is -0.605. The minimum atomic E-state index is -0.839. The minimum Gasteiger partial charge on any atom is -0.481 e. The van der Waals surface area contributed by atoms with Crippen molar-refractivity contribution in [3.05, 3.63) is 0 Å². The van der Waals surface area contributed by atoms with E-state index in [1.807, 2.05) is 6.92 Å². The Bertz CT molecular complexity index is 183. The Hall–Kier alpha value is -0.610. The van der Waals surface area contributed by atoms with Crippen molar-refractivity contribution in [1.82, 2.24) is 0 Å². The van der Waals surface area contributed by atoms with Gasteiger partial charge in [0.1, 0.15) is 5.60 Å². The summed E-state index contributed by atoms with van der Waals surface area (Å²) in [5.74, 6) is 4.55. The molecule has 2 atom stereocenters. The molecule has 2 unspecified atom stereocenters. The average Bonchev–Trinajstić information content (AvgIpc) is 2.32. The molecule has 0 aromatic carbocycles. The van der Waals surface area contributed by atoms with E-state index in [2.05, 4.69) is 0 Å². The fourth-order valence-corrected chi connectivity index (χ4v) is 1.95. The van der Waals surface area contributed by atoms with Crippen LogP contribution in [0.15, 0.2) is 0 Å². The largest absolute Gasteiger partial charge is 0.481 e. The van der Waals surface area contributed by atoms with Crippen LogP contribution in [-0.2, 0) is 9.63 Å². The highest BCUT2D eigenvalue weighted by molar-refractivity contribution is 5.68. The zero-order valence-electron chi connectivity index (χ0n) is 7.25. The van der Waals surface area contributed by atoms with E-state index in [-0.39, 0.29) is 12.3 Å². The van der Waals surface area contributed by atoms with Crippen molar-refractivity contribution in [3.63, 3.8) is 0 Å². The van der Waals surface area contributed by atoms with Crippen LogP contribution < -0.4 is 5.90 Å². The zero-order valence-corrected chi connectivity index (χ0v) is 7.25. The van der Waals surface area contributed by atoms with Crippen molar-refractivity contribution in [1.29, 1.82) is 0 Å².